The van der Waals surface area contributed by atoms with Gasteiger partial charge in [0, 0.05) is 17.5 Å². The number of halogens is 2. The lowest BCUT2D eigenvalue weighted by atomic mass is 9.78. The Morgan fingerprint density at radius 2 is 1.74 bits per heavy atom. The highest BCUT2D eigenvalue weighted by molar-refractivity contribution is 7.92. The van der Waals surface area contributed by atoms with E-state index >= 15 is 0 Å². The van der Waals surface area contributed by atoms with Crippen LogP contribution in [-0.4, -0.2) is 42.9 Å². The Bertz CT molecular complexity index is 1290. The second-order valence-corrected chi connectivity index (χ2v) is 12.5. The summed E-state index contributed by atoms with van der Waals surface area (Å²) >= 11 is 6.23. The van der Waals surface area contributed by atoms with Gasteiger partial charge in [0.15, 0.2) is 9.84 Å². The Morgan fingerprint density at radius 3 is 2.43 bits per heavy atom. The molecule has 0 bridgehead atoms. The highest BCUT2D eigenvalue weighted by Gasteiger charge is 2.61. The summed E-state index contributed by atoms with van der Waals surface area (Å²) in [5.74, 6) is -2.32. The van der Waals surface area contributed by atoms with Crippen molar-refractivity contribution in [1.82, 2.24) is 4.90 Å². The molecule has 2 aromatic carbocycles. The van der Waals surface area contributed by atoms with Crippen molar-refractivity contribution >= 4 is 33.3 Å². The van der Waals surface area contributed by atoms with Gasteiger partial charge in [0.05, 0.1) is 16.9 Å². The number of carbonyl (C=O) groups excluding carboxylic acids is 1. The molecule has 0 aromatic heterocycles. The smallest absolute Gasteiger partial charge is 0.306 e. The third-order valence-electron chi connectivity index (χ3n) is 8.14. The second kappa shape index (κ2) is 8.89. The zero-order valence-corrected chi connectivity index (χ0v) is 20.7. The van der Waals surface area contributed by atoms with Crippen molar-refractivity contribution in [2.75, 3.05) is 6.54 Å². The molecule has 1 saturated carbocycles. The number of hydrogen-bond donors (Lipinski definition) is 1. The number of aliphatic carboxylic acids is 1. The summed E-state index contributed by atoms with van der Waals surface area (Å²) in [5.41, 5.74) is 1.47. The molecule has 1 N–H and O–H groups in total. The Morgan fingerprint density at radius 1 is 1.03 bits per heavy atom. The van der Waals surface area contributed by atoms with Gasteiger partial charge in [0.1, 0.15) is 10.6 Å². The van der Waals surface area contributed by atoms with Gasteiger partial charge in [-0.05, 0) is 86.4 Å². The fraction of sp³-hybridized carbons (Fsp3) is 0.462. The van der Waals surface area contributed by atoms with E-state index in [1.54, 1.807) is 23.1 Å². The number of nitrogens with zero attached hydrogens (tertiary/aromatic N) is 1. The summed E-state index contributed by atoms with van der Waals surface area (Å²) < 4.78 is 41.2. The number of fused-ring (bicyclic) bond motifs is 3. The minimum Gasteiger partial charge on any atom is -0.481 e. The zero-order valence-electron chi connectivity index (χ0n) is 19.1. The molecule has 1 aliphatic heterocycles. The molecule has 0 spiro atoms. The number of benzene rings is 2. The maximum atomic E-state index is 14.3. The number of aryl methyl sites for hydroxylation is 1. The molecule has 1 saturated heterocycles. The van der Waals surface area contributed by atoms with Gasteiger partial charge >= 0.3 is 5.97 Å². The van der Waals surface area contributed by atoms with Gasteiger partial charge in [-0.25, -0.2) is 12.8 Å². The van der Waals surface area contributed by atoms with Crippen LogP contribution in [0.25, 0.3) is 0 Å². The summed E-state index contributed by atoms with van der Waals surface area (Å²) in [7, 11) is -4.08. The average molecular weight is 520 g/mol. The molecule has 186 valence electrons. The van der Waals surface area contributed by atoms with Crippen molar-refractivity contribution in [1.29, 1.82) is 0 Å². The lowest BCUT2D eigenvalue weighted by Crippen LogP contribution is -2.53. The van der Waals surface area contributed by atoms with E-state index in [9.17, 15) is 27.5 Å². The third-order valence-corrected chi connectivity index (χ3v) is 10.9. The molecule has 2 atom stereocenters. The fourth-order valence-corrected chi connectivity index (χ4v) is 9.02. The van der Waals surface area contributed by atoms with E-state index in [4.69, 9.17) is 11.6 Å². The SMILES string of the molecule is O=C(O)C1CCC(C(=O)N2CCC3(S(=O)(=O)c4cccc(F)c4)c4ccc(Cl)cc4CCC23)CC1. The Hall–Kier alpha value is -2.45. The normalized spacial score (nSPS) is 28.3. The maximum Gasteiger partial charge on any atom is 0.306 e. The molecule has 3 aliphatic rings. The molecule has 2 aromatic rings. The predicted molar refractivity (Wildman–Crippen MR) is 128 cm³/mol. The van der Waals surface area contributed by atoms with Crippen LogP contribution < -0.4 is 0 Å². The summed E-state index contributed by atoms with van der Waals surface area (Å²) in [4.78, 5) is 26.6. The monoisotopic (exact) mass is 519 g/mol. The first-order valence-electron chi connectivity index (χ1n) is 12.0. The highest BCUT2D eigenvalue weighted by atomic mass is 35.5. The molecule has 2 fully saturated rings. The van der Waals surface area contributed by atoms with Crippen LogP contribution in [0.5, 0.6) is 0 Å². The Labute approximate surface area is 209 Å². The van der Waals surface area contributed by atoms with E-state index in [1.807, 2.05) is 0 Å². The second-order valence-electron chi connectivity index (χ2n) is 9.87. The van der Waals surface area contributed by atoms with Crippen LogP contribution in [0.3, 0.4) is 0 Å². The molecule has 6 nitrogen and oxygen atoms in total. The van der Waals surface area contributed by atoms with Crippen molar-refractivity contribution in [3.8, 4) is 0 Å². The van der Waals surface area contributed by atoms with Crippen molar-refractivity contribution < 1.29 is 27.5 Å². The fourth-order valence-electron chi connectivity index (χ4n) is 6.43. The predicted octanol–water partition coefficient (Wildman–Crippen LogP) is 4.59. The molecular formula is C26H27ClFNO5S. The minimum atomic E-state index is -4.08. The first kappa shape index (κ1) is 24.3. The molecule has 5 rings (SSSR count). The van der Waals surface area contributed by atoms with E-state index in [0.717, 1.165) is 11.6 Å². The number of rotatable bonds is 4. The van der Waals surface area contributed by atoms with Gasteiger partial charge in [-0.15, -0.1) is 0 Å². The molecular weight excluding hydrogens is 493 g/mol. The number of amides is 1. The Balaban J connectivity index is 1.56. The van der Waals surface area contributed by atoms with Crippen molar-refractivity contribution in [2.24, 2.45) is 11.8 Å². The Kier molecular flexibility index (Phi) is 6.16. The van der Waals surface area contributed by atoms with Crippen LogP contribution in [0.2, 0.25) is 5.02 Å². The third kappa shape index (κ3) is 3.85. The highest BCUT2D eigenvalue weighted by Crippen LogP contribution is 2.53. The number of carboxylic acid groups (broad SMARTS) is 1. The average Bonchev–Trinajstić information content (AvgIpc) is 3.25. The minimum absolute atomic E-state index is 0.0958. The summed E-state index contributed by atoms with van der Waals surface area (Å²) in [6.45, 7) is 0.277. The lowest BCUT2D eigenvalue weighted by Gasteiger charge is -2.43. The van der Waals surface area contributed by atoms with Crippen LogP contribution in [0.15, 0.2) is 47.4 Å². The van der Waals surface area contributed by atoms with Gasteiger partial charge in [-0.3, -0.25) is 9.59 Å². The topological polar surface area (TPSA) is 91.8 Å². The molecule has 2 unspecified atom stereocenters. The van der Waals surface area contributed by atoms with Gasteiger partial charge in [-0.2, -0.15) is 0 Å². The van der Waals surface area contributed by atoms with Crippen LogP contribution in [0, 0.1) is 17.7 Å². The summed E-state index contributed by atoms with van der Waals surface area (Å²) in [6.07, 6.45) is 3.09. The number of sulfone groups is 1. The van der Waals surface area contributed by atoms with Crippen LogP contribution in [0.4, 0.5) is 4.39 Å². The molecule has 0 radical (unpaired) electrons. The summed E-state index contributed by atoms with van der Waals surface area (Å²) in [6, 6.07) is 9.66. The zero-order chi connectivity index (χ0) is 25.0. The number of likely N-dealkylation sites (tertiary alicyclic amines) is 1. The van der Waals surface area contributed by atoms with Gasteiger partial charge < -0.3 is 10.0 Å². The number of carboxylic acids is 1. The van der Waals surface area contributed by atoms with E-state index in [2.05, 4.69) is 0 Å². The lowest BCUT2D eigenvalue weighted by molar-refractivity contribution is -0.146. The molecule has 2 aliphatic carbocycles. The van der Waals surface area contributed by atoms with E-state index in [0.29, 0.717) is 49.1 Å². The van der Waals surface area contributed by atoms with E-state index in [-0.39, 0.29) is 29.7 Å². The number of hydrogen-bond acceptors (Lipinski definition) is 4. The first-order valence-corrected chi connectivity index (χ1v) is 13.8. The summed E-state index contributed by atoms with van der Waals surface area (Å²) in [5, 5.41) is 9.81. The van der Waals surface area contributed by atoms with Gasteiger partial charge in [0.2, 0.25) is 5.91 Å². The van der Waals surface area contributed by atoms with Crippen LogP contribution in [-0.2, 0) is 30.6 Å². The van der Waals surface area contributed by atoms with Crippen LogP contribution in [0.1, 0.15) is 49.7 Å². The van der Waals surface area contributed by atoms with Gasteiger partial charge in [0.25, 0.3) is 0 Å². The van der Waals surface area contributed by atoms with Crippen molar-refractivity contribution in [2.45, 2.75) is 60.6 Å². The van der Waals surface area contributed by atoms with Gasteiger partial charge in [-0.1, -0.05) is 23.7 Å². The molecule has 9 heteroatoms. The standard InChI is InChI=1S/C26H27ClFNO5S/c27-19-9-10-22-18(14-19)8-11-23-26(22,35(33,34)21-3-1-2-20(28)15-21)12-13-29(23)24(30)16-4-6-17(7-5-16)25(31)32/h1-3,9-10,14-17,23H,4-8,11-13H2,(H,31,32). The quantitative estimate of drug-likeness (QED) is 0.638. The van der Waals surface area contributed by atoms with E-state index in [1.165, 1.54) is 18.2 Å². The van der Waals surface area contributed by atoms with Crippen molar-refractivity contribution in [3.63, 3.8) is 0 Å². The van der Waals surface area contributed by atoms with E-state index < -0.39 is 38.3 Å². The molecule has 1 heterocycles. The number of carbonyl (C=O) groups is 2. The van der Waals surface area contributed by atoms with Crippen molar-refractivity contribution in [3.05, 3.63) is 64.4 Å². The van der Waals surface area contributed by atoms with Crippen LogP contribution >= 0.6 is 11.6 Å². The first-order chi connectivity index (χ1) is 16.6. The molecule has 1 amide bonds. The molecule has 35 heavy (non-hydrogen) atoms. The largest absolute Gasteiger partial charge is 0.481 e. The maximum absolute atomic E-state index is 14.3.